The van der Waals surface area contributed by atoms with Gasteiger partial charge >= 0.3 is 0 Å². The molecule has 7 heteroatoms. The quantitative estimate of drug-likeness (QED) is 0.642. The highest BCUT2D eigenvalue weighted by molar-refractivity contribution is 7.99. The first-order valence-corrected chi connectivity index (χ1v) is 9.69. The molecule has 0 saturated carbocycles. The van der Waals surface area contributed by atoms with E-state index < -0.39 is 17.6 Å². The Kier molecular flexibility index (Phi) is 5.98. The lowest BCUT2D eigenvalue weighted by molar-refractivity contribution is 0.0995. The van der Waals surface area contributed by atoms with E-state index >= 15 is 0 Å². The van der Waals surface area contributed by atoms with Gasteiger partial charge in [0.15, 0.2) is 0 Å². The molecule has 0 atom stereocenters. The van der Waals surface area contributed by atoms with Gasteiger partial charge in [-0.3, -0.25) is 9.59 Å². The van der Waals surface area contributed by atoms with E-state index in [-0.39, 0.29) is 16.8 Å². The Morgan fingerprint density at radius 3 is 2.55 bits per heavy atom. The number of aryl methyl sites for hydroxylation is 2. The average Bonchev–Trinajstić information content (AvgIpc) is 2.67. The van der Waals surface area contributed by atoms with Crippen molar-refractivity contribution in [1.29, 1.82) is 0 Å². The first kappa shape index (κ1) is 20.5. The highest BCUT2D eigenvalue weighted by atomic mass is 32.2. The van der Waals surface area contributed by atoms with E-state index in [1.54, 1.807) is 18.3 Å². The summed E-state index contributed by atoms with van der Waals surface area (Å²) in [5.74, 6) is -1.84. The number of anilines is 1. The number of hydrogen-bond donors (Lipinski definition) is 2. The second-order valence-electron chi connectivity index (χ2n) is 6.68. The number of primary amides is 1. The molecule has 0 aliphatic carbocycles. The second-order valence-corrected chi connectivity index (χ2v) is 7.71. The first-order chi connectivity index (χ1) is 13.8. The molecule has 0 aliphatic heterocycles. The summed E-state index contributed by atoms with van der Waals surface area (Å²) in [5, 5.41) is 3.20. The number of nitrogens with two attached hydrogens (primary N) is 1. The summed E-state index contributed by atoms with van der Waals surface area (Å²) in [6.45, 7) is 5.53. The topological polar surface area (TPSA) is 85.1 Å². The fraction of sp³-hybridized carbons (Fsp3) is 0.136. The Morgan fingerprint density at radius 2 is 1.86 bits per heavy atom. The number of nitrogens with zero attached hydrogens (tertiary/aromatic N) is 1. The summed E-state index contributed by atoms with van der Waals surface area (Å²) in [7, 11) is 0. The molecule has 0 saturated heterocycles. The van der Waals surface area contributed by atoms with Crippen LogP contribution < -0.4 is 11.1 Å². The average molecular weight is 409 g/mol. The van der Waals surface area contributed by atoms with Crippen molar-refractivity contribution in [3.63, 3.8) is 0 Å². The summed E-state index contributed by atoms with van der Waals surface area (Å²) in [6, 6.07) is 11.8. The standard InChI is InChI=1S/C22H20FN3O2S/c1-12-6-7-19(13(2)9-12)29-22-16(5-4-8-25-22)21(28)26-18-11-15(20(24)27)10-17(23)14(18)3/h4-11H,1-3H3,(H2,24,27)(H,26,28). The summed E-state index contributed by atoms with van der Waals surface area (Å²) >= 11 is 1.38. The van der Waals surface area contributed by atoms with Crippen LogP contribution in [0.2, 0.25) is 0 Å². The van der Waals surface area contributed by atoms with Crippen LogP contribution in [0.1, 0.15) is 37.4 Å². The van der Waals surface area contributed by atoms with Gasteiger partial charge in [0, 0.05) is 27.9 Å². The van der Waals surface area contributed by atoms with Crippen LogP contribution in [-0.4, -0.2) is 16.8 Å². The van der Waals surface area contributed by atoms with Crippen molar-refractivity contribution in [3.05, 3.63) is 82.3 Å². The van der Waals surface area contributed by atoms with Gasteiger partial charge in [0.2, 0.25) is 5.91 Å². The van der Waals surface area contributed by atoms with Gasteiger partial charge in [-0.2, -0.15) is 0 Å². The molecule has 3 aromatic rings. The maximum Gasteiger partial charge on any atom is 0.258 e. The molecular weight excluding hydrogens is 389 g/mol. The van der Waals surface area contributed by atoms with Crippen LogP contribution >= 0.6 is 11.8 Å². The van der Waals surface area contributed by atoms with Crippen LogP contribution in [0.25, 0.3) is 0 Å². The molecule has 3 rings (SSSR count). The zero-order valence-corrected chi connectivity index (χ0v) is 17.1. The van der Waals surface area contributed by atoms with Crippen molar-refractivity contribution in [2.24, 2.45) is 5.73 Å². The third-order valence-corrected chi connectivity index (χ3v) is 5.63. The van der Waals surface area contributed by atoms with Crippen molar-refractivity contribution in [1.82, 2.24) is 4.98 Å². The molecule has 148 valence electrons. The van der Waals surface area contributed by atoms with Crippen molar-refractivity contribution in [2.45, 2.75) is 30.7 Å². The van der Waals surface area contributed by atoms with E-state index in [2.05, 4.69) is 16.4 Å². The summed E-state index contributed by atoms with van der Waals surface area (Å²) in [6.07, 6.45) is 1.61. The Balaban J connectivity index is 1.92. The minimum atomic E-state index is -0.771. The number of hydrogen-bond acceptors (Lipinski definition) is 4. The zero-order valence-electron chi connectivity index (χ0n) is 16.2. The van der Waals surface area contributed by atoms with Crippen molar-refractivity contribution in [3.8, 4) is 0 Å². The van der Waals surface area contributed by atoms with Crippen LogP contribution in [0, 0.1) is 26.6 Å². The van der Waals surface area contributed by atoms with Crippen molar-refractivity contribution < 1.29 is 14.0 Å². The third-order valence-electron chi connectivity index (χ3n) is 4.43. The SMILES string of the molecule is Cc1ccc(Sc2ncccc2C(=O)Nc2cc(C(N)=O)cc(F)c2C)c(C)c1. The number of carbonyl (C=O) groups is 2. The fourth-order valence-corrected chi connectivity index (χ4v) is 3.75. The van der Waals surface area contributed by atoms with Crippen LogP contribution in [0.4, 0.5) is 10.1 Å². The Labute approximate surface area is 172 Å². The van der Waals surface area contributed by atoms with Crippen LogP contribution in [0.5, 0.6) is 0 Å². The normalized spacial score (nSPS) is 10.6. The largest absolute Gasteiger partial charge is 0.366 e. The van der Waals surface area contributed by atoms with E-state index in [0.29, 0.717) is 10.6 Å². The highest BCUT2D eigenvalue weighted by Gasteiger charge is 2.17. The van der Waals surface area contributed by atoms with Crippen LogP contribution in [0.15, 0.2) is 58.6 Å². The summed E-state index contributed by atoms with van der Waals surface area (Å²) < 4.78 is 14.1. The fourth-order valence-electron chi connectivity index (χ4n) is 2.80. The molecule has 1 heterocycles. The second kappa shape index (κ2) is 8.45. The van der Waals surface area contributed by atoms with E-state index in [1.807, 2.05) is 26.0 Å². The van der Waals surface area contributed by atoms with Gasteiger partial charge < -0.3 is 11.1 Å². The van der Waals surface area contributed by atoms with Gasteiger partial charge in [-0.25, -0.2) is 9.37 Å². The van der Waals surface area contributed by atoms with Gasteiger partial charge in [-0.15, -0.1) is 0 Å². The molecular formula is C22H20FN3O2S. The Bertz CT molecular complexity index is 1120. The lowest BCUT2D eigenvalue weighted by Gasteiger charge is -2.13. The lowest BCUT2D eigenvalue weighted by atomic mass is 10.1. The molecule has 5 nitrogen and oxygen atoms in total. The van der Waals surface area contributed by atoms with E-state index in [0.717, 1.165) is 22.1 Å². The number of aromatic nitrogens is 1. The highest BCUT2D eigenvalue weighted by Crippen LogP contribution is 2.32. The van der Waals surface area contributed by atoms with E-state index in [1.165, 1.54) is 24.8 Å². The van der Waals surface area contributed by atoms with E-state index in [9.17, 15) is 14.0 Å². The van der Waals surface area contributed by atoms with Gasteiger partial charge in [0.1, 0.15) is 10.8 Å². The number of carbonyl (C=O) groups excluding carboxylic acids is 2. The van der Waals surface area contributed by atoms with Crippen molar-refractivity contribution in [2.75, 3.05) is 5.32 Å². The molecule has 2 aromatic carbocycles. The number of halogens is 1. The number of pyridine rings is 1. The molecule has 0 fully saturated rings. The lowest BCUT2D eigenvalue weighted by Crippen LogP contribution is -2.17. The maximum atomic E-state index is 14.1. The molecule has 0 aliphatic rings. The molecule has 0 unspecified atom stereocenters. The molecule has 0 spiro atoms. The van der Waals surface area contributed by atoms with Crippen molar-refractivity contribution >= 4 is 29.3 Å². The molecule has 0 radical (unpaired) electrons. The molecule has 2 amide bonds. The predicted molar refractivity (Wildman–Crippen MR) is 112 cm³/mol. The van der Waals surface area contributed by atoms with E-state index in [4.69, 9.17) is 5.73 Å². The summed E-state index contributed by atoms with van der Waals surface area (Å²) in [5.41, 5.74) is 8.22. The van der Waals surface area contributed by atoms with Crippen LogP contribution in [0.3, 0.4) is 0 Å². The molecule has 29 heavy (non-hydrogen) atoms. The maximum absolute atomic E-state index is 14.1. The number of nitrogens with one attached hydrogen (secondary N) is 1. The minimum absolute atomic E-state index is 0.0144. The molecule has 1 aromatic heterocycles. The zero-order chi connectivity index (χ0) is 21.1. The Hall–Kier alpha value is -3.19. The minimum Gasteiger partial charge on any atom is -0.366 e. The predicted octanol–water partition coefficient (Wildman–Crippen LogP) is 4.65. The molecule has 3 N–H and O–H groups in total. The van der Waals surface area contributed by atoms with Gasteiger partial charge in [0.25, 0.3) is 5.91 Å². The summed E-state index contributed by atoms with van der Waals surface area (Å²) in [4.78, 5) is 29.6. The van der Waals surface area contributed by atoms with Gasteiger partial charge in [0.05, 0.1) is 5.56 Å². The monoisotopic (exact) mass is 409 g/mol. The number of benzene rings is 2. The number of amides is 2. The number of rotatable bonds is 5. The third kappa shape index (κ3) is 4.63. The molecule has 0 bridgehead atoms. The first-order valence-electron chi connectivity index (χ1n) is 8.87. The van der Waals surface area contributed by atoms with Gasteiger partial charge in [-0.05, 0) is 56.7 Å². The van der Waals surface area contributed by atoms with Gasteiger partial charge in [-0.1, -0.05) is 29.5 Å². The Morgan fingerprint density at radius 1 is 1.10 bits per heavy atom. The smallest absolute Gasteiger partial charge is 0.258 e. The van der Waals surface area contributed by atoms with Crippen LogP contribution in [-0.2, 0) is 0 Å².